The fourth-order valence-electron chi connectivity index (χ4n) is 3.22. The van der Waals surface area contributed by atoms with E-state index in [9.17, 15) is 14.4 Å². The van der Waals surface area contributed by atoms with Gasteiger partial charge >= 0.3 is 6.03 Å². The zero-order chi connectivity index (χ0) is 22.6. The first-order valence-corrected chi connectivity index (χ1v) is 10.1. The summed E-state index contributed by atoms with van der Waals surface area (Å²) >= 11 is 0. The molecule has 1 aliphatic rings. The highest BCUT2D eigenvalue weighted by Crippen LogP contribution is 2.24. The van der Waals surface area contributed by atoms with Gasteiger partial charge in [-0.15, -0.1) is 0 Å². The van der Waals surface area contributed by atoms with Crippen molar-refractivity contribution >= 4 is 23.5 Å². The molecule has 2 aromatic rings. The molecule has 0 aliphatic carbocycles. The van der Waals surface area contributed by atoms with Crippen molar-refractivity contribution in [2.45, 2.75) is 38.3 Å². The van der Waals surface area contributed by atoms with Crippen LogP contribution in [0.25, 0.3) is 0 Å². The number of urea groups is 1. The first-order valence-electron chi connectivity index (χ1n) is 10.1. The lowest BCUT2D eigenvalue weighted by Gasteiger charge is -2.22. The van der Waals surface area contributed by atoms with Gasteiger partial charge in [-0.3, -0.25) is 9.59 Å². The summed E-state index contributed by atoms with van der Waals surface area (Å²) in [6.45, 7) is 6.52. The Kier molecular flexibility index (Phi) is 6.48. The molecule has 31 heavy (non-hydrogen) atoms. The van der Waals surface area contributed by atoms with E-state index < -0.39 is 24.0 Å². The number of rotatable bonds is 6. The van der Waals surface area contributed by atoms with E-state index >= 15 is 0 Å². The number of nitrogens with one attached hydrogen (secondary N) is 4. The van der Waals surface area contributed by atoms with E-state index in [-0.39, 0.29) is 17.9 Å². The van der Waals surface area contributed by atoms with Gasteiger partial charge in [0.05, 0.1) is 7.11 Å². The molecular weight excluding hydrogens is 396 g/mol. The Bertz CT molecular complexity index is 949. The Hall–Kier alpha value is -3.55. The second-order valence-corrected chi connectivity index (χ2v) is 8.44. The quantitative estimate of drug-likeness (QED) is 0.571. The predicted octanol–water partition coefficient (Wildman–Crippen LogP) is 2.47. The van der Waals surface area contributed by atoms with Gasteiger partial charge in [-0.05, 0) is 40.8 Å². The summed E-state index contributed by atoms with van der Waals surface area (Å²) in [5, 5.41) is 10.7. The number of hydrogen-bond donors (Lipinski definition) is 4. The van der Waals surface area contributed by atoms with Gasteiger partial charge < -0.3 is 26.0 Å². The molecule has 0 saturated carbocycles. The van der Waals surface area contributed by atoms with E-state index in [0.717, 1.165) is 5.56 Å². The van der Waals surface area contributed by atoms with Crippen molar-refractivity contribution in [3.8, 4) is 5.75 Å². The molecule has 2 atom stereocenters. The van der Waals surface area contributed by atoms with Crippen LogP contribution < -0.4 is 26.0 Å². The maximum Gasteiger partial charge on any atom is 0.315 e. The van der Waals surface area contributed by atoms with Crippen LogP contribution in [-0.2, 0) is 15.0 Å². The van der Waals surface area contributed by atoms with Crippen molar-refractivity contribution in [1.82, 2.24) is 16.0 Å². The van der Waals surface area contributed by atoms with Crippen LogP contribution in [0.2, 0.25) is 0 Å². The Morgan fingerprint density at radius 1 is 1.06 bits per heavy atom. The van der Waals surface area contributed by atoms with Gasteiger partial charge in [0.1, 0.15) is 17.8 Å². The fourth-order valence-corrected chi connectivity index (χ4v) is 3.22. The summed E-state index contributed by atoms with van der Waals surface area (Å²) in [4.78, 5) is 37.1. The number of benzene rings is 2. The molecule has 0 radical (unpaired) electrons. The summed E-state index contributed by atoms with van der Waals surface area (Å²) in [7, 11) is 1.55. The van der Waals surface area contributed by atoms with Crippen LogP contribution in [0.5, 0.6) is 5.75 Å². The lowest BCUT2D eigenvalue weighted by Crippen LogP contribution is -2.47. The Labute approximate surface area is 181 Å². The van der Waals surface area contributed by atoms with Gasteiger partial charge in [0.25, 0.3) is 5.91 Å². The van der Waals surface area contributed by atoms with Crippen LogP contribution >= 0.6 is 0 Å². The smallest absolute Gasteiger partial charge is 0.315 e. The Balaban J connectivity index is 1.79. The van der Waals surface area contributed by atoms with E-state index in [0.29, 0.717) is 17.0 Å². The molecular formula is C23H28N4O4. The van der Waals surface area contributed by atoms with Crippen molar-refractivity contribution < 1.29 is 19.1 Å². The molecule has 1 fully saturated rings. The minimum atomic E-state index is -0.946. The summed E-state index contributed by atoms with van der Waals surface area (Å²) in [6.07, 6.45) is 0. The molecule has 0 aromatic heterocycles. The summed E-state index contributed by atoms with van der Waals surface area (Å²) in [6, 6.07) is 12.4. The molecule has 4 N–H and O–H groups in total. The summed E-state index contributed by atoms with van der Waals surface area (Å²) in [5.74, 6) is -0.198. The van der Waals surface area contributed by atoms with Gasteiger partial charge in [0.2, 0.25) is 5.91 Å². The molecule has 1 heterocycles. The maximum atomic E-state index is 13.1. The molecule has 0 spiro atoms. The molecule has 8 nitrogen and oxygen atoms in total. The predicted molar refractivity (Wildman–Crippen MR) is 118 cm³/mol. The van der Waals surface area contributed by atoms with Crippen molar-refractivity contribution in [2.75, 3.05) is 19.0 Å². The molecule has 2 unspecified atom stereocenters. The third kappa shape index (κ3) is 5.53. The van der Waals surface area contributed by atoms with Crippen molar-refractivity contribution in [3.05, 3.63) is 59.7 Å². The maximum absolute atomic E-state index is 13.1. The number of carbonyl (C=O) groups excluding carboxylic acids is 3. The zero-order valence-corrected chi connectivity index (χ0v) is 18.1. The molecule has 2 aromatic carbocycles. The van der Waals surface area contributed by atoms with E-state index in [4.69, 9.17) is 4.74 Å². The van der Waals surface area contributed by atoms with E-state index in [1.165, 1.54) is 0 Å². The van der Waals surface area contributed by atoms with Crippen molar-refractivity contribution in [2.24, 2.45) is 0 Å². The second kappa shape index (κ2) is 9.07. The third-order valence-electron chi connectivity index (χ3n) is 5.10. The number of carbonyl (C=O) groups is 3. The second-order valence-electron chi connectivity index (χ2n) is 8.44. The van der Waals surface area contributed by atoms with Crippen LogP contribution in [0.15, 0.2) is 48.5 Å². The van der Waals surface area contributed by atoms with Crippen LogP contribution in [-0.4, -0.2) is 37.5 Å². The molecule has 164 valence electrons. The number of methoxy groups -OCH3 is 1. The number of ether oxygens (including phenoxy) is 1. The fraction of sp³-hybridized carbons (Fsp3) is 0.348. The zero-order valence-electron chi connectivity index (χ0n) is 18.1. The molecule has 8 heteroatoms. The normalized spacial score (nSPS) is 16.6. The van der Waals surface area contributed by atoms with Gasteiger partial charge in [-0.1, -0.05) is 45.0 Å². The minimum Gasteiger partial charge on any atom is -0.497 e. The molecule has 4 amide bonds. The number of anilines is 1. The summed E-state index contributed by atoms with van der Waals surface area (Å²) in [5.41, 5.74) is 2.37. The molecule has 1 aliphatic heterocycles. The van der Waals surface area contributed by atoms with Crippen LogP contribution in [0.3, 0.4) is 0 Å². The van der Waals surface area contributed by atoms with E-state index in [2.05, 4.69) is 42.0 Å². The third-order valence-corrected chi connectivity index (χ3v) is 5.10. The molecule has 3 rings (SSSR count). The largest absolute Gasteiger partial charge is 0.497 e. The number of amides is 4. The highest BCUT2D eigenvalue weighted by molar-refractivity contribution is 5.99. The molecule has 0 bridgehead atoms. The lowest BCUT2D eigenvalue weighted by atomic mass is 9.87. The molecule has 1 saturated heterocycles. The van der Waals surface area contributed by atoms with E-state index in [1.807, 2.05) is 24.3 Å². The lowest BCUT2D eigenvalue weighted by molar-refractivity contribution is -0.127. The van der Waals surface area contributed by atoms with Gasteiger partial charge in [-0.2, -0.15) is 0 Å². The van der Waals surface area contributed by atoms with Crippen molar-refractivity contribution in [1.29, 1.82) is 0 Å². The average molecular weight is 425 g/mol. The topological polar surface area (TPSA) is 109 Å². The minimum absolute atomic E-state index is 0.00188. The standard InChI is InChI=1S/C23H28N4O4/c1-23(2,3)15-7-9-16(10-8-15)25-21(29)19(14-5-11-17(31-4)12-6-14)27-20(28)18-13-24-22(30)26-18/h5-12,18-19H,13H2,1-4H3,(H,25,29)(H,27,28)(H2,24,26,30). The SMILES string of the molecule is COc1ccc(C(NC(=O)C2CNC(=O)N2)C(=O)Nc2ccc(C(C)(C)C)cc2)cc1. The monoisotopic (exact) mass is 424 g/mol. The first-order chi connectivity index (χ1) is 14.7. The number of hydrogen-bond acceptors (Lipinski definition) is 4. The Morgan fingerprint density at radius 3 is 2.23 bits per heavy atom. The van der Waals surface area contributed by atoms with Crippen LogP contribution in [0.4, 0.5) is 10.5 Å². The highest BCUT2D eigenvalue weighted by atomic mass is 16.5. The van der Waals surface area contributed by atoms with E-state index in [1.54, 1.807) is 31.4 Å². The van der Waals surface area contributed by atoms with Gasteiger partial charge in [0.15, 0.2) is 0 Å². The van der Waals surface area contributed by atoms with Crippen LogP contribution in [0, 0.1) is 0 Å². The van der Waals surface area contributed by atoms with Gasteiger partial charge in [-0.25, -0.2) is 4.79 Å². The van der Waals surface area contributed by atoms with Crippen molar-refractivity contribution in [3.63, 3.8) is 0 Å². The highest BCUT2D eigenvalue weighted by Gasteiger charge is 2.31. The average Bonchev–Trinajstić information content (AvgIpc) is 3.18. The van der Waals surface area contributed by atoms with Crippen LogP contribution in [0.1, 0.15) is 37.9 Å². The first kappa shape index (κ1) is 22.1. The van der Waals surface area contributed by atoms with Gasteiger partial charge in [0, 0.05) is 12.2 Å². The Morgan fingerprint density at radius 2 is 1.71 bits per heavy atom. The summed E-state index contributed by atoms with van der Waals surface area (Å²) < 4.78 is 5.17.